The van der Waals surface area contributed by atoms with Crippen molar-refractivity contribution in [1.82, 2.24) is 0 Å². The molecule has 0 aliphatic carbocycles. The van der Waals surface area contributed by atoms with Crippen molar-refractivity contribution in [3.05, 3.63) is 23.8 Å². The van der Waals surface area contributed by atoms with E-state index in [0.717, 1.165) is 17.1 Å². The molecular weight excluding hydrogens is 192 g/mol. The first-order valence-corrected chi connectivity index (χ1v) is 5.07. The lowest BCUT2D eigenvalue weighted by molar-refractivity contribution is -0.0150. The van der Waals surface area contributed by atoms with Crippen LogP contribution in [0.2, 0.25) is 0 Å². The molecule has 1 aromatic rings. The number of rotatable bonds is 2. The summed E-state index contributed by atoms with van der Waals surface area (Å²) in [5.74, 6) is 1.62. The SMILES string of the molecule is CC(C)(C)OCc1ccc2c(c1)OCO2. The minimum atomic E-state index is -0.115. The van der Waals surface area contributed by atoms with Gasteiger partial charge in [-0.1, -0.05) is 6.07 Å². The molecule has 0 saturated carbocycles. The van der Waals surface area contributed by atoms with Gasteiger partial charge in [0.25, 0.3) is 0 Å². The summed E-state index contributed by atoms with van der Waals surface area (Å²) in [6.45, 7) is 7.04. The highest BCUT2D eigenvalue weighted by molar-refractivity contribution is 5.44. The van der Waals surface area contributed by atoms with Crippen molar-refractivity contribution < 1.29 is 14.2 Å². The van der Waals surface area contributed by atoms with E-state index in [1.165, 1.54) is 0 Å². The molecule has 1 aliphatic heterocycles. The third-order valence-electron chi connectivity index (χ3n) is 2.11. The Morgan fingerprint density at radius 3 is 2.67 bits per heavy atom. The van der Waals surface area contributed by atoms with E-state index in [0.29, 0.717) is 13.4 Å². The van der Waals surface area contributed by atoms with Crippen molar-refractivity contribution in [1.29, 1.82) is 0 Å². The lowest BCUT2D eigenvalue weighted by Gasteiger charge is -2.19. The van der Waals surface area contributed by atoms with Gasteiger partial charge in [0.15, 0.2) is 11.5 Å². The van der Waals surface area contributed by atoms with Gasteiger partial charge < -0.3 is 14.2 Å². The fourth-order valence-electron chi connectivity index (χ4n) is 1.33. The first-order chi connectivity index (χ1) is 7.04. The van der Waals surface area contributed by atoms with E-state index in [2.05, 4.69) is 0 Å². The van der Waals surface area contributed by atoms with Crippen LogP contribution < -0.4 is 9.47 Å². The van der Waals surface area contributed by atoms with Crippen LogP contribution in [0.15, 0.2) is 18.2 Å². The van der Waals surface area contributed by atoms with Gasteiger partial charge in [-0.25, -0.2) is 0 Å². The maximum Gasteiger partial charge on any atom is 0.231 e. The van der Waals surface area contributed by atoms with E-state index in [9.17, 15) is 0 Å². The van der Waals surface area contributed by atoms with Gasteiger partial charge in [0.1, 0.15) is 0 Å². The Kier molecular flexibility index (Phi) is 2.57. The van der Waals surface area contributed by atoms with Crippen molar-refractivity contribution in [3.63, 3.8) is 0 Å². The summed E-state index contributed by atoms with van der Waals surface area (Å²) in [6, 6.07) is 5.89. The molecule has 1 aliphatic rings. The molecule has 15 heavy (non-hydrogen) atoms. The van der Waals surface area contributed by atoms with Crippen molar-refractivity contribution in [2.24, 2.45) is 0 Å². The van der Waals surface area contributed by atoms with Crippen LogP contribution in [0.4, 0.5) is 0 Å². The molecule has 0 unspecified atom stereocenters. The van der Waals surface area contributed by atoms with Crippen LogP contribution in [-0.2, 0) is 11.3 Å². The standard InChI is InChI=1S/C12H16O3/c1-12(2,3)15-7-9-4-5-10-11(6-9)14-8-13-10/h4-6H,7-8H2,1-3H3. The van der Waals surface area contributed by atoms with Crippen LogP contribution in [0.1, 0.15) is 26.3 Å². The molecule has 0 radical (unpaired) electrons. The van der Waals surface area contributed by atoms with Crippen molar-refractivity contribution in [2.45, 2.75) is 33.0 Å². The third-order valence-corrected chi connectivity index (χ3v) is 2.11. The zero-order valence-electron chi connectivity index (χ0n) is 9.37. The molecule has 1 aromatic carbocycles. The molecule has 0 fully saturated rings. The molecule has 0 bridgehead atoms. The highest BCUT2D eigenvalue weighted by Crippen LogP contribution is 2.32. The van der Waals surface area contributed by atoms with E-state index in [1.54, 1.807) is 0 Å². The van der Waals surface area contributed by atoms with Crippen LogP contribution in [0.25, 0.3) is 0 Å². The van der Waals surface area contributed by atoms with Crippen molar-refractivity contribution in [2.75, 3.05) is 6.79 Å². The Hall–Kier alpha value is -1.22. The van der Waals surface area contributed by atoms with Gasteiger partial charge in [0.05, 0.1) is 12.2 Å². The molecule has 0 aromatic heterocycles. The lowest BCUT2D eigenvalue weighted by Crippen LogP contribution is -2.18. The highest BCUT2D eigenvalue weighted by atomic mass is 16.7. The molecule has 82 valence electrons. The van der Waals surface area contributed by atoms with Gasteiger partial charge in [-0.3, -0.25) is 0 Å². The van der Waals surface area contributed by atoms with Gasteiger partial charge in [-0.2, -0.15) is 0 Å². The van der Waals surface area contributed by atoms with E-state index in [4.69, 9.17) is 14.2 Å². The Balaban J connectivity index is 2.04. The monoisotopic (exact) mass is 208 g/mol. The van der Waals surface area contributed by atoms with Crippen LogP contribution in [0.5, 0.6) is 11.5 Å². The molecule has 3 nitrogen and oxygen atoms in total. The molecular formula is C12H16O3. The molecule has 3 heteroatoms. The summed E-state index contributed by atoms with van der Waals surface area (Å²) in [5.41, 5.74) is 0.991. The number of fused-ring (bicyclic) bond motifs is 1. The largest absolute Gasteiger partial charge is 0.454 e. The van der Waals surface area contributed by atoms with E-state index in [1.807, 2.05) is 39.0 Å². The molecule has 2 rings (SSSR count). The number of ether oxygens (including phenoxy) is 3. The second kappa shape index (κ2) is 3.74. The van der Waals surface area contributed by atoms with Crippen LogP contribution >= 0.6 is 0 Å². The molecule has 0 N–H and O–H groups in total. The van der Waals surface area contributed by atoms with E-state index in [-0.39, 0.29) is 5.60 Å². The smallest absolute Gasteiger partial charge is 0.231 e. The maximum absolute atomic E-state index is 5.68. The van der Waals surface area contributed by atoms with Crippen molar-refractivity contribution >= 4 is 0 Å². The van der Waals surface area contributed by atoms with E-state index < -0.39 is 0 Å². The van der Waals surface area contributed by atoms with Gasteiger partial charge in [-0.15, -0.1) is 0 Å². The summed E-state index contributed by atoms with van der Waals surface area (Å²) < 4.78 is 16.2. The quantitative estimate of drug-likeness (QED) is 0.748. The van der Waals surface area contributed by atoms with Crippen LogP contribution in [0.3, 0.4) is 0 Å². The predicted molar refractivity (Wildman–Crippen MR) is 57.1 cm³/mol. The summed E-state index contributed by atoms with van der Waals surface area (Å²) >= 11 is 0. The average molecular weight is 208 g/mol. The fourth-order valence-corrected chi connectivity index (χ4v) is 1.33. The number of benzene rings is 1. The van der Waals surface area contributed by atoms with Crippen molar-refractivity contribution in [3.8, 4) is 11.5 Å². The second-order valence-corrected chi connectivity index (χ2v) is 4.59. The summed E-state index contributed by atoms with van der Waals surface area (Å²) in [6.07, 6.45) is 0. The molecule has 0 saturated heterocycles. The predicted octanol–water partition coefficient (Wildman–Crippen LogP) is 2.73. The number of hydrogen-bond donors (Lipinski definition) is 0. The lowest BCUT2D eigenvalue weighted by atomic mass is 10.1. The Morgan fingerprint density at radius 1 is 1.20 bits per heavy atom. The maximum atomic E-state index is 5.68. The molecule has 0 spiro atoms. The molecule has 1 heterocycles. The minimum absolute atomic E-state index is 0.115. The second-order valence-electron chi connectivity index (χ2n) is 4.59. The summed E-state index contributed by atoms with van der Waals surface area (Å²) in [7, 11) is 0. The third kappa shape index (κ3) is 2.63. The molecule has 0 amide bonds. The number of hydrogen-bond acceptors (Lipinski definition) is 3. The Labute approximate surface area is 90.0 Å². The fraction of sp³-hybridized carbons (Fsp3) is 0.500. The van der Waals surface area contributed by atoms with Gasteiger partial charge in [0.2, 0.25) is 6.79 Å². The van der Waals surface area contributed by atoms with Gasteiger partial charge >= 0.3 is 0 Å². The van der Waals surface area contributed by atoms with Crippen LogP contribution in [0, 0.1) is 0 Å². The van der Waals surface area contributed by atoms with Gasteiger partial charge in [0, 0.05) is 0 Å². The van der Waals surface area contributed by atoms with E-state index >= 15 is 0 Å². The molecule has 0 atom stereocenters. The summed E-state index contributed by atoms with van der Waals surface area (Å²) in [4.78, 5) is 0. The highest BCUT2D eigenvalue weighted by Gasteiger charge is 2.15. The Morgan fingerprint density at radius 2 is 1.93 bits per heavy atom. The topological polar surface area (TPSA) is 27.7 Å². The minimum Gasteiger partial charge on any atom is -0.454 e. The first kappa shape index (κ1) is 10.3. The zero-order chi connectivity index (χ0) is 10.9. The van der Waals surface area contributed by atoms with Crippen LogP contribution in [-0.4, -0.2) is 12.4 Å². The zero-order valence-corrected chi connectivity index (χ0v) is 9.37. The summed E-state index contributed by atoms with van der Waals surface area (Å²) in [5, 5.41) is 0. The normalized spacial score (nSPS) is 14.3. The first-order valence-electron chi connectivity index (χ1n) is 5.07. The van der Waals surface area contributed by atoms with Gasteiger partial charge in [-0.05, 0) is 38.5 Å². The average Bonchev–Trinajstić information content (AvgIpc) is 2.60. The Bertz CT molecular complexity index is 352.